The second kappa shape index (κ2) is 10.5. The van der Waals surface area contributed by atoms with Crippen molar-refractivity contribution >= 4 is 23.9 Å². The number of hydrogen-bond acceptors (Lipinski definition) is 5. The number of benzene rings is 2. The molecule has 4 nitrogen and oxygen atoms in total. The summed E-state index contributed by atoms with van der Waals surface area (Å²) in [5.41, 5.74) is 5.91. The molecule has 0 spiro atoms. The zero-order chi connectivity index (χ0) is 20.1. The van der Waals surface area contributed by atoms with Crippen LogP contribution in [0.1, 0.15) is 22.3 Å². The molecule has 0 N–H and O–H groups in total. The Hall–Kier alpha value is -2.21. The minimum atomic E-state index is 0. The van der Waals surface area contributed by atoms with Crippen LogP contribution in [-0.2, 0) is 6.42 Å². The molecule has 2 aromatic carbocycles. The Morgan fingerprint density at radius 1 is 1.10 bits per heavy atom. The molecule has 0 aliphatic rings. The highest BCUT2D eigenvalue weighted by Gasteiger charge is 2.12. The zero-order valence-corrected chi connectivity index (χ0v) is 19.1. The number of nitrogens with zero attached hydrogens (tertiary/aromatic N) is 3. The van der Waals surface area contributed by atoms with Gasteiger partial charge in [-0.3, -0.25) is 0 Å². The largest absolute Gasteiger partial charge is 0.430 e. The number of aryl methyl sites for hydroxylation is 3. The third kappa shape index (κ3) is 6.13. The van der Waals surface area contributed by atoms with Crippen LogP contribution in [0.4, 0.5) is 0 Å². The van der Waals surface area contributed by atoms with Crippen molar-refractivity contribution in [2.24, 2.45) is 0 Å². The number of aromatic nitrogens is 2. The summed E-state index contributed by atoms with van der Waals surface area (Å²) in [6, 6.07) is 12.5. The maximum Gasteiger partial charge on any atom is 0.299 e. The Morgan fingerprint density at radius 3 is 2.52 bits per heavy atom. The first kappa shape index (κ1) is 23.1. The quantitative estimate of drug-likeness (QED) is 0.411. The van der Waals surface area contributed by atoms with E-state index in [1.807, 2.05) is 18.2 Å². The van der Waals surface area contributed by atoms with Gasteiger partial charge in [-0.2, -0.15) is 9.36 Å². The van der Waals surface area contributed by atoms with Gasteiger partial charge in [0.15, 0.2) is 5.82 Å². The monoisotopic (exact) mass is 429 g/mol. The van der Waals surface area contributed by atoms with Gasteiger partial charge >= 0.3 is 0 Å². The average Bonchev–Trinajstić information content (AvgIpc) is 3.12. The first-order valence-corrected chi connectivity index (χ1v) is 10.2. The molecular weight excluding hydrogens is 402 g/mol. The predicted molar refractivity (Wildman–Crippen MR) is 125 cm³/mol. The smallest absolute Gasteiger partial charge is 0.299 e. The van der Waals surface area contributed by atoms with Crippen LogP contribution in [0.2, 0.25) is 0 Å². The van der Waals surface area contributed by atoms with Crippen LogP contribution in [0.3, 0.4) is 0 Å². The van der Waals surface area contributed by atoms with Gasteiger partial charge in [0.25, 0.3) is 5.19 Å². The molecule has 0 aliphatic carbocycles. The van der Waals surface area contributed by atoms with Crippen molar-refractivity contribution < 1.29 is 4.74 Å². The molecule has 0 saturated heterocycles. The highest BCUT2D eigenvalue weighted by atomic mass is 35.5. The van der Waals surface area contributed by atoms with E-state index in [9.17, 15) is 0 Å². The van der Waals surface area contributed by atoms with Crippen LogP contribution >= 0.6 is 23.9 Å². The van der Waals surface area contributed by atoms with Crippen LogP contribution in [0, 0.1) is 20.8 Å². The summed E-state index contributed by atoms with van der Waals surface area (Å²) in [5.74, 6) is 1.54. The highest BCUT2D eigenvalue weighted by molar-refractivity contribution is 7.07. The van der Waals surface area contributed by atoms with Crippen molar-refractivity contribution in [3.05, 3.63) is 71.3 Å². The molecule has 29 heavy (non-hydrogen) atoms. The van der Waals surface area contributed by atoms with Crippen molar-refractivity contribution in [1.29, 1.82) is 0 Å². The molecule has 0 unspecified atom stereocenters. The number of rotatable bonds is 8. The SMILES string of the molecule is C=CCN(C)CCc1cc(C)c(Oc2nc(-c3ccc(C)cc3)ns2)cc1C.Cl. The minimum absolute atomic E-state index is 0. The first-order valence-electron chi connectivity index (χ1n) is 9.44. The van der Waals surface area contributed by atoms with Crippen LogP contribution in [0.15, 0.2) is 49.1 Å². The number of likely N-dealkylation sites (N-methyl/N-ethyl adjacent to an activating group) is 1. The summed E-state index contributed by atoms with van der Waals surface area (Å²) in [6.07, 6.45) is 2.94. The lowest BCUT2D eigenvalue weighted by atomic mass is 10.0. The van der Waals surface area contributed by atoms with E-state index in [1.54, 1.807) is 0 Å². The molecule has 0 amide bonds. The van der Waals surface area contributed by atoms with Crippen molar-refractivity contribution in [2.75, 3.05) is 20.1 Å². The normalized spacial score (nSPS) is 10.7. The number of ether oxygens (including phenoxy) is 1. The van der Waals surface area contributed by atoms with Gasteiger partial charge in [-0.25, -0.2) is 0 Å². The summed E-state index contributed by atoms with van der Waals surface area (Å²) in [7, 11) is 2.11. The third-order valence-electron chi connectivity index (χ3n) is 4.75. The predicted octanol–water partition coefficient (Wildman–Crippen LogP) is 6.00. The van der Waals surface area contributed by atoms with Gasteiger partial charge < -0.3 is 9.64 Å². The molecule has 6 heteroatoms. The Labute approximate surface area is 183 Å². The highest BCUT2D eigenvalue weighted by Crippen LogP contribution is 2.31. The number of halogens is 1. The molecule has 3 aromatic rings. The summed E-state index contributed by atoms with van der Waals surface area (Å²) in [6.45, 7) is 12.0. The van der Waals surface area contributed by atoms with Crippen LogP contribution in [-0.4, -0.2) is 34.4 Å². The Morgan fingerprint density at radius 2 is 1.83 bits per heavy atom. The van der Waals surface area contributed by atoms with E-state index in [-0.39, 0.29) is 12.4 Å². The fourth-order valence-corrected chi connectivity index (χ4v) is 3.58. The molecule has 3 rings (SSSR count). The summed E-state index contributed by atoms with van der Waals surface area (Å²) >= 11 is 1.28. The fraction of sp³-hybridized carbons (Fsp3) is 0.304. The van der Waals surface area contributed by atoms with E-state index < -0.39 is 0 Å². The van der Waals surface area contributed by atoms with E-state index in [4.69, 9.17) is 4.74 Å². The van der Waals surface area contributed by atoms with E-state index in [0.717, 1.165) is 36.4 Å². The van der Waals surface area contributed by atoms with Crippen molar-refractivity contribution in [3.8, 4) is 22.3 Å². The van der Waals surface area contributed by atoms with Crippen molar-refractivity contribution in [3.63, 3.8) is 0 Å². The molecule has 0 bridgehead atoms. The second-order valence-electron chi connectivity index (χ2n) is 7.20. The van der Waals surface area contributed by atoms with Crippen molar-refractivity contribution in [2.45, 2.75) is 27.2 Å². The minimum Gasteiger partial charge on any atom is -0.430 e. The fourth-order valence-electron chi connectivity index (χ4n) is 3.02. The molecule has 1 heterocycles. The third-order valence-corrected chi connectivity index (χ3v) is 5.35. The second-order valence-corrected chi connectivity index (χ2v) is 7.91. The summed E-state index contributed by atoms with van der Waals surface area (Å²) in [4.78, 5) is 6.81. The molecule has 0 saturated carbocycles. The molecule has 1 aromatic heterocycles. The topological polar surface area (TPSA) is 38.2 Å². The number of hydrogen-bond donors (Lipinski definition) is 0. The Bertz CT molecular complexity index is 953. The molecule has 154 valence electrons. The maximum atomic E-state index is 6.06. The van der Waals surface area contributed by atoms with Crippen LogP contribution in [0.25, 0.3) is 11.4 Å². The van der Waals surface area contributed by atoms with Gasteiger partial charge in [0.2, 0.25) is 0 Å². The lowest BCUT2D eigenvalue weighted by Gasteiger charge is -2.16. The maximum absolute atomic E-state index is 6.06. The zero-order valence-electron chi connectivity index (χ0n) is 17.4. The van der Waals surface area contributed by atoms with E-state index in [2.05, 4.69) is 72.9 Å². The summed E-state index contributed by atoms with van der Waals surface area (Å²) in [5, 5.41) is 0.566. The van der Waals surface area contributed by atoms with E-state index >= 15 is 0 Å². The molecule has 0 aliphatic heterocycles. The average molecular weight is 430 g/mol. The lowest BCUT2D eigenvalue weighted by Crippen LogP contribution is -2.21. The summed E-state index contributed by atoms with van der Waals surface area (Å²) < 4.78 is 10.5. The van der Waals surface area contributed by atoms with Gasteiger partial charge in [-0.05, 0) is 57.0 Å². The molecule has 0 radical (unpaired) electrons. The molecular formula is C23H28ClN3OS. The van der Waals surface area contributed by atoms with Crippen LogP contribution < -0.4 is 4.74 Å². The van der Waals surface area contributed by atoms with Crippen LogP contribution in [0.5, 0.6) is 10.9 Å². The van der Waals surface area contributed by atoms with Gasteiger partial charge in [0, 0.05) is 30.2 Å². The molecule has 0 fully saturated rings. The van der Waals surface area contributed by atoms with Gasteiger partial charge in [-0.1, -0.05) is 42.0 Å². The van der Waals surface area contributed by atoms with Gasteiger partial charge in [0.1, 0.15) is 5.75 Å². The Kier molecular flexibility index (Phi) is 8.38. The van der Waals surface area contributed by atoms with E-state index in [0.29, 0.717) is 11.0 Å². The Balaban J connectivity index is 0.00000300. The lowest BCUT2D eigenvalue weighted by molar-refractivity contribution is 0.375. The van der Waals surface area contributed by atoms with E-state index in [1.165, 1.54) is 28.2 Å². The standard InChI is InChI=1S/C23H27N3OS.ClH/c1-6-12-26(5)13-11-20-14-18(4)21(15-17(20)3)27-23-24-22(25-28-23)19-9-7-16(2)8-10-19;/h6-10,14-15H,1,11-13H2,2-5H3;1H. The first-order chi connectivity index (χ1) is 13.5. The van der Waals surface area contributed by atoms with Gasteiger partial charge in [-0.15, -0.1) is 19.0 Å². The van der Waals surface area contributed by atoms with Crippen molar-refractivity contribution in [1.82, 2.24) is 14.3 Å². The molecule has 0 atom stereocenters. The van der Waals surface area contributed by atoms with Gasteiger partial charge in [0.05, 0.1) is 0 Å².